The first-order valence-corrected chi connectivity index (χ1v) is 7.19. The maximum atomic E-state index is 12.0. The summed E-state index contributed by atoms with van der Waals surface area (Å²) in [5, 5.41) is 11.9. The molecule has 0 amide bonds. The number of rotatable bonds is 7. The van der Waals surface area contributed by atoms with E-state index in [1.54, 1.807) is 0 Å². The van der Waals surface area contributed by atoms with Gasteiger partial charge < -0.3 is 16.2 Å². The van der Waals surface area contributed by atoms with Crippen LogP contribution in [0.1, 0.15) is 39.5 Å². The number of nitrogens with one attached hydrogen (secondary N) is 1. The molecule has 0 radical (unpaired) electrons. The van der Waals surface area contributed by atoms with E-state index >= 15 is 0 Å². The third kappa shape index (κ3) is 5.40. The Morgan fingerprint density at radius 2 is 1.95 bits per heavy atom. The van der Waals surface area contributed by atoms with Crippen LogP contribution in [0.5, 0.6) is 0 Å². The average Bonchev–Trinajstić information content (AvgIpc) is 2.34. The zero-order valence-electron chi connectivity index (χ0n) is 12.6. The van der Waals surface area contributed by atoms with E-state index < -0.39 is 12.0 Å². The molecule has 0 spiro atoms. The maximum Gasteiger partial charge on any atom is 0.320 e. The molecule has 0 aromatic rings. The molecule has 0 saturated heterocycles. The van der Waals surface area contributed by atoms with Crippen molar-refractivity contribution >= 4 is 17.5 Å². The Bertz CT molecular complexity index is 433. The van der Waals surface area contributed by atoms with Crippen LogP contribution in [-0.2, 0) is 14.4 Å². The fourth-order valence-electron chi connectivity index (χ4n) is 2.44. The molecule has 0 heterocycles. The molecule has 1 rings (SSSR count). The van der Waals surface area contributed by atoms with Crippen molar-refractivity contribution in [2.24, 2.45) is 11.1 Å². The lowest BCUT2D eigenvalue weighted by Gasteiger charge is -2.28. The molecule has 1 fully saturated rings. The Morgan fingerprint density at radius 3 is 2.43 bits per heavy atom. The molecule has 0 aromatic carbocycles. The van der Waals surface area contributed by atoms with Gasteiger partial charge in [-0.2, -0.15) is 0 Å². The number of nitrogens with two attached hydrogens (primary N) is 1. The fourth-order valence-corrected chi connectivity index (χ4v) is 2.44. The molecule has 21 heavy (non-hydrogen) atoms. The van der Waals surface area contributed by atoms with Gasteiger partial charge in [0.1, 0.15) is 6.04 Å². The van der Waals surface area contributed by atoms with E-state index in [-0.39, 0.29) is 29.1 Å². The first kappa shape index (κ1) is 17.5. The Balaban J connectivity index is 2.61. The van der Waals surface area contributed by atoms with Gasteiger partial charge in [0, 0.05) is 19.4 Å². The van der Waals surface area contributed by atoms with Crippen molar-refractivity contribution in [2.45, 2.75) is 45.6 Å². The third-order valence-electron chi connectivity index (χ3n) is 3.54. The Morgan fingerprint density at radius 1 is 1.38 bits per heavy atom. The van der Waals surface area contributed by atoms with Gasteiger partial charge in [-0.25, -0.2) is 0 Å². The summed E-state index contributed by atoms with van der Waals surface area (Å²) in [6, 6.07) is -0.712. The van der Waals surface area contributed by atoms with Gasteiger partial charge in [-0.15, -0.1) is 0 Å². The van der Waals surface area contributed by atoms with Gasteiger partial charge in [-0.1, -0.05) is 19.9 Å². The van der Waals surface area contributed by atoms with E-state index in [1.165, 1.54) is 6.08 Å². The van der Waals surface area contributed by atoms with E-state index in [0.717, 1.165) is 0 Å². The Labute approximate surface area is 124 Å². The number of carboxylic acid groups (broad SMARTS) is 1. The zero-order chi connectivity index (χ0) is 16.0. The highest BCUT2D eigenvalue weighted by molar-refractivity contribution is 6.22. The van der Waals surface area contributed by atoms with Crippen molar-refractivity contribution < 1.29 is 19.5 Å². The predicted octanol–water partition coefficient (Wildman–Crippen LogP) is 0.653. The molecule has 1 saturated carbocycles. The van der Waals surface area contributed by atoms with Crippen molar-refractivity contribution in [2.75, 3.05) is 13.1 Å². The monoisotopic (exact) mass is 296 g/mol. The van der Waals surface area contributed by atoms with E-state index in [4.69, 9.17) is 10.8 Å². The molecule has 0 unspecified atom stereocenters. The summed E-state index contributed by atoms with van der Waals surface area (Å²) in [4.78, 5) is 34.9. The maximum absolute atomic E-state index is 12.0. The first-order valence-electron chi connectivity index (χ1n) is 7.19. The number of hydrogen-bond acceptors (Lipinski definition) is 5. The minimum absolute atomic E-state index is 0.160. The van der Waals surface area contributed by atoms with E-state index in [9.17, 15) is 14.4 Å². The topological polar surface area (TPSA) is 109 Å². The van der Waals surface area contributed by atoms with Gasteiger partial charge in [-0.05, 0) is 24.8 Å². The number of aliphatic carboxylic acids is 1. The molecule has 0 bridgehead atoms. The van der Waals surface area contributed by atoms with Gasteiger partial charge in [0.15, 0.2) is 11.6 Å². The van der Waals surface area contributed by atoms with Gasteiger partial charge >= 0.3 is 5.97 Å². The predicted molar refractivity (Wildman–Crippen MR) is 78.8 cm³/mol. The highest BCUT2D eigenvalue weighted by atomic mass is 16.4. The molecular weight excluding hydrogens is 272 g/mol. The fraction of sp³-hybridized carbons (Fsp3) is 0.667. The highest BCUT2D eigenvalue weighted by Gasteiger charge is 2.35. The summed E-state index contributed by atoms with van der Waals surface area (Å²) in [6.45, 7) is 4.41. The molecule has 1 aliphatic rings. The largest absolute Gasteiger partial charge is 0.480 e. The smallest absolute Gasteiger partial charge is 0.320 e. The van der Waals surface area contributed by atoms with Crippen LogP contribution in [0.4, 0.5) is 0 Å². The van der Waals surface area contributed by atoms with Gasteiger partial charge in [0.2, 0.25) is 0 Å². The zero-order valence-corrected chi connectivity index (χ0v) is 12.6. The van der Waals surface area contributed by atoms with Crippen molar-refractivity contribution in [3.8, 4) is 0 Å². The summed E-state index contributed by atoms with van der Waals surface area (Å²) in [5.74, 6) is -1.27. The third-order valence-corrected chi connectivity index (χ3v) is 3.54. The van der Waals surface area contributed by atoms with Crippen LogP contribution in [-0.4, -0.2) is 41.8 Å². The summed E-state index contributed by atoms with van der Waals surface area (Å²) >= 11 is 0. The number of carbonyl (C=O) groups excluding carboxylic acids is 2. The lowest BCUT2D eigenvalue weighted by atomic mass is 9.74. The van der Waals surface area contributed by atoms with Gasteiger partial charge in [0.05, 0.1) is 5.57 Å². The normalized spacial score (nSPS) is 19.5. The van der Waals surface area contributed by atoms with Crippen molar-refractivity contribution in [3.05, 3.63) is 11.6 Å². The second kappa shape index (κ2) is 7.47. The lowest BCUT2D eigenvalue weighted by molar-refractivity contribution is -0.139. The van der Waals surface area contributed by atoms with E-state index in [1.807, 2.05) is 13.8 Å². The molecule has 6 heteroatoms. The summed E-state index contributed by atoms with van der Waals surface area (Å²) in [5.41, 5.74) is 5.27. The quantitative estimate of drug-likeness (QED) is 0.470. The average molecular weight is 296 g/mol. The van der Waals surface area contributed by atoms with Gasteiger partial charge in [-0.3, -0.25) is 14.4 Å². The molecule has 0 aliphatic heterocycles. The summed E-state index contributed by atoms with van der Waals surface area (Å²) < 4.78 is 0. The van der Waals surface area contributed by atoms with Crippen molar-refractivity contribution in [1.82, 2.24) is 5.32 Å². The second-order valence-electron chi connectivity index (χ2n) is 6.21. The van der Waals surface area contributed by atoms with Crippen LogP contribution < -0.4 is 11.1 Å². The number of allylic oxidation sites excluding steroid dienone is 1. The number of hydrogen-bond donors (Lipinski definition) is 3. The summed E-state index contributed by atoms with van der Waals surface area (Å²) in [6.07, 6.45) is 3.23. The van der Waals surface area contributed by atoms with Crippen LogP contribution >= 0.6 is 0 Å². The minimum Gasteiger partial charge on any atom is -0.480 e. The van der Waals surface area contributed by atoms with Crippen LogP contribution in [0, 0.1) is 5.41 Å². The first-order chi connectivity index (χ1) is 9.76. The standard InChI is InChI=1S/C15H24N2O4/c1-15(2)8-12(18)10(13(19)9-15)5-7-17-11(14(20)21)4-3-6-16/h5,11,17H,3-4,6-9,16H2,1-2H3,(H,20,21)/t11-/m0/s1. The number of carbonyl (C=O) groups is 3. The molecule has 118 valence electrons. The molecule has 0 aromatic heterocycles. The molecule has 1 atom stereocenters. The lowest BCUT2D eigenvalue weighted by Crippen LogP contribution is -2.38. The van der Waals surface area contributed by atoms with E-state index in [0.29, 0.717) is 32.2 Å². The number of ketones is 2. The second-order valence-corrected chi connectivity index (χ2v) is 6.21. The summed E-state index contributed by atoms with van der Waals surface area (Å²) in [7, 11) is 0. The molecule has 1 aliphatic carbocycles. The van der Waals surface area contributed by atoms with Gasteiger partial charge in [0.25, 0.3) is 0 Å². The number of Topliss-reactive ketones (excluding diaryl/α,β-unsaturated/α-hetero) is 2. The highest BCUT2D eigenvalue weighted by Crippen LogP contribution is 2.33. The molecule has 4 N–H and O–H groups in total. The molecule has 6 nitrogen and oxygen atoms in total. The van der Waals surface area contributed by atoms with E-state index in [2.05, 4.69) is 5.32 Å². The Hall–Kier alpha value is -1.53. The SMILES string of the molecule is CC1(C)CC(=O)C(=CCN[C@@H](CCCN)C(=O)O)C(=O)C1. The van der Waals surface area contributed by atoms with Crippen LogP contribution in [0.2, 0.25) is 0 Å². The van der Waals surface area contributed by atoms with Crippen LogP contribution in [0.25, 0.3) is 0 Å². The number of carboxylic acids is 1. The molecular formula is C15H24N2O4. The van der Waals surface area contributed by atoms with Crippen molar-refractivity contribution in [1.29, 1.82) is 0 Å². The minimum atomic E-state index is -0.954. The Kier molecular flexibility index (Phi) is 6.23. The van der Waals surface area contributed by atoms with Crippen LogP contribution in [0.3, 0.4) is 0 Å². The van der Waals surface area contributed by atoms with Crippen LogP contribution in [0.15, 0.2) is 11.6 Å². The van der Waals surface area contributed by atoms with Crippen molar-refractivity contribution in [3.63, 3.8) is 0 Å².